The van der Waals surface area contributed by atoms with Crippen molar-refractivity contribution < 1.29 is 0 Å². The normalized spacial score (nSPS) is 18.6. The predicted molar refractivity (Wildman–Crippen MR) is 74.5 cm³/mol. The van der Waals surface area contributed by atoms with Gasteiger partial charge in [-0.3, -0.25) is 0 Å². The van der Waals surface area contributed by atoms with Crippen LogP contribution in [0.5, 0.6) is 0 Å². The molecule has 1 heterocycles. The van der Waals surface area contributed by atoms with Crippen molar-refractivity contribution in [3.8, 4) is 0 Å². The summed E-state index contributed by atoms with van der Waals surface area (Å²) in [5, 5.41) is 0. The fourth-order valence-corrected chi connectivity index (χ4v) is 3.59. The Hall–Kier alpha value is -0.550. The molecule has 1 aromatic rings. The van der Waals surface area contributed by atoms with E-state index in [0.717, 1.165) is 19.6 Å². The van der Waals surface area contributed by atoms with Gasteiger partial charge in [-0.25, -0.2) is 0 Å². The average Bonchev–Trinajstić information content (AvgIpc) is 2.74. The molecule has 3 nitrogen and oxygen atoms in total. The number of rotatable bonds is 6. The summed E-state index contributed by atoms with van der Waals surface area (Å²) in [5.41, 5.74) is 12.8. The van der Waals surface area contributed by atoms with Gasteiger partial charge in [-0.15, -0.1) is 11.8 Å². The predicted octanol–water partition coefficient (Wildman–Crippen LogP) is 1.10. The van der Waals surface area contributed by atoms with Gasteiger partial charge in [0.25, 0.3) is 0 Å². The van der Waals surface area contributed by atoms with Gasteiger partial charge < -0.3 is 16.4 Å². The molecule has 0 aromatic heterocycles. The van der Waals surface area contributed by atoms with Gasteiger partial charge in [0, 0.05) is 49.3 Å². The zero-order valence-electron chi connectivity index (χ0n) is 10.1. The molecule has 0 fully saturated rings. The van der Waals surface area contributed by atoms with Gasteiger partial charge in [-0.05, 0) is 11.6 Å². The first-order valence-corrected chi connectivity index (χ1v) is 7.18. The van der Waals surface area contributed by atoms with Crippen LogP contribution in [0.4, 0.5) is 0 Å². The monoisotopic (exact) mass is 251 g/mol. The Kier molecular flexibility index (Phi) is 4.86. The minimum Gasteiger partial charge on any atom is -0.329 e. The van der Waals surface area contributed by atoms with Crippen molar-refractivity contribution in [1.82, 2.24) is 4.90 Å². The van der Waals surface area contributed by atoms with Gasteiger partial charge in [0.15, 0.2) is 0 Å². The topological polar surface area (TPSA) is 55.3 Å². The minimum absolute atomic E-state index is 0.634. The minimum atomic E-state index is 0.634. The Morgan fingerprint density at radius 3 is 2.59 bits per heavy atom. The van der Waals surface area contributed by atoms with E-state index in [1.54, 1.807) is 0 Å². The van der Waals surface area contributed by atoms with Crippen molar-refractivity contribution in [3.63, 3.8) is 0 Å². The lowest BCUT2D eigenvalue weighted by molar-refractivity contribution is 0.276. The van der Waals surface area contributed by atoms with Crippen LogP contribution in [0.2, 0.25) is 0 Å². The first-order valence-electron chi connectivity index (χ1n) is 6.19. The molecule has 0 amide bonds. The quantitative estimate of drug-likeness (QED) is 0.795. The maximum Gasteiger partial charge on any atom is 0.0108 e. The van der Waals surface area contributed by atoms with E-state index in [4.69, 9.17) is 11.5 Å². The molecule has 1 unspecified atom stereocenters. The van der Waals surface area contributed by atoms with E-state index in [2.05, 4.69) is 29.2 Å². The van der Waals surface area contributed by atoms with Gasteiger partial charge in [0.1, 0.15) is 0 Å². The highest BCUT2D eigenvalue weighted by Gasteiger charge is 2.24. The maximum atomic E-state index is 5.64. The van der Waals surface area contributed by atoms with Gasteiger partial charge in [0.05, 0.1) is 0 Å². The molecule has 0 radical (unpaired) electrons. The van der Waals surface area contributed by atoms with E-state index in [0.29, 0.717) is 19.0 Å². The van der Waals surface area contributed by atoms with Gasteiger partial charge >= 0.3 is 0 Å². The first kappa shape index (κ1) is 12.9. The molecule has 0 saturated carbocycles. The highest BCUT2D eigenvalue weighted by Crippen LogP contribution is 2.39. The Labute approximate surface area is 108 Å². The molecular formula is C13H21N3S. The molecule has 1 atom stereocenters. The highest BCUT2D eigenvalue weighted by atomic mass is 32.2. The number of nitrogens with zero attached hydrogens (tertiary/aromatic N) is 1. The SMILES string of the molecule is NCCN(CCN)CC1CSc2ccccc21. The number of benzene rings is 1. The van der Waals surface area contributed by atoms with Crippen LogP contribution in [0.25, 0.3) is 0 Å². The fraction of sp³-hybridized carbons (Fsp3) is 0.538. The van der Waals surface area contributed by atoms with Crippen LogP contribution in [0.3, 0.4) is 0 Å². The Balaban J connectivity index is 1.99. The molecule has 0 aliphatic carbocycles. The van der Waals surface area contributed by atoms with Crippen LogP contribution < -0.4 is 11.5 Å². The summed E-state index contributed by atoms with van der Waals surface area (Å²) in [6.45, 7) is 4.39. The molecule has 1 aliphatic rings. The second kappa shape index (κ2) is 6.40. The number of fused-ring (bicyclic) bond motifs is 1. The summed E-state index contributed by atoms with van der Waals surface area (Å²) in [7, 11) is 0. The molecule has 0 saturated heterocycles. The summed E-state index contributed by atoms with van der Waals surface area (Å²) < 4.78 is 0. The smallest absolute Gasteiger partial charge is 0.0108 e. The van der Waals surface area contributed by atoms with E-state index in [-0.39, 0.29) is 0 Å². The van der Waals surface area contributed by atoms with E-state index in [1.807, 2.05) is 11.8 Å². The molecule has 1 aromatic carbocycles. The molecule has 4 heteroatoms. The van der Waals surface area contributed by atoms with E-state index >= 15 is 0 Å². The van der Waals surface area contributed by atoms with Crippen LogP contribution in [-0.4, -0.2) is 43.4 Å². The lowest BCUT2D eigenvalue weighted by Crippen LogP contribution is -2.37. The lowest BCUT2D eigenvalue weighted by Gasteiger charge is -2.24. The molecule has 2 rings (SSSR count). The molecule has 4 N–H and O–H groups in total. The zero-order valence-corrected chi connectivity index (χ0v) is 11.0. The largest absolute Gasteiger partial charge is 0.329 e. The summed E-state index contributed by atoms with van der Waals surface area (Å²) >= 11 is 1.96. The molecule has 0 spiro atoms. The van der Waals surface area contributed by atoms with Crippen molar-refractivity contribution in [2.24, 2.45) is 11.5 Å². The maximum absolute atomic E-state index is 5.64. The molecule has 17 heavy (non-hydrogen) atoms. The summed E-state index contributed by atoms with van der Waals surface area (Å²) in [6, 6.07) is 8.72. The third-order valence-corrected chi connectivity index (χ3v) is 4.42. The summed E-state index contributed by atoms with van der Waals surface area (Å²) in [6.07, 6.45) is 0. The van der Waals surface area contributed by atoms with Crippen molar-refractivity contribution in [1.29, 1.82) is 0 Å². The van der Waals surface area contributed by atoms with Gasteiger partial charge in [0.2, 0.25) is 0 Å². The van der Waals surface area contributed by atoms with Crippen molar-refractivity contribution in [2.45, 2.75) is 10.8 Å². The second-order valence-corrected chi connectivity index (χ2v) is 5.49. The fourth-order valence-electron chi connectivity index (χ4n) is 2.35. The van der Waals surface area contributed by atoms with Gasteiger partial charge in [-0.1, -0.05) is 18.2 Å². The van der Waals surface area contributed by atoms with Crippen LogP contribution >= 0.6 is 11.8 Å². The number of hydrogen-bond donors (Lipinski definition) is 2. The van der Waals surface area contributed by atoms with Crippen LogP contribution in [0.15, 0.2) is 29.2 Å². The molecule has 94 valence electrons. The lowest BCUT2D eigenvalue weighted by atomic mass is 10.0. The Morgan fingerprint density at radius 1 is 1.18 bits per heavy atom. The number of hydrogen-bond acceptors (Lipinski definition) is 4. The number of nitrogens with two attached hydrogens (primary N) is 2. The van der Waals surface area contributed by atoms with Crippen LogP contribution in [0.1, 0.15) is 11.5 Å². The first-order chi connectivity index (χ1) is 8.35. The second-order valence-electron chi connectivity index (χ2n) is 4.42. The van der Waals surface area contributed by atoms with E-state index in [9.17, 15) is 0 Å². The zero-order chi connectivity index (χ0) is 12.1. The standard InChI is InChI=1S/C13H21N3S/c14-5-7-16(8-6-15)9-11-10-17-13-4-2-1-3-12(11)13/h1-4,11H,5-10,14-15H2. The third-order valence-electron chi connectivity index (χ3n) is 3.17. The van der Waals surface area contributed by atoms with Crippen molar-refractivity contribution in [2.75, 3.05) is 38.5 Å². The molecule has 1 aliphatic heterocycles. The molecular weight excluding hydrogens is 230 g/mol. The van der Waals surface area contributed by atoms with E-state index in [1.165, 1.54) is 16.2 Å². The summed E-state index contributed by atoms with van der Waals surface area (Å²) in [5.74, 6) is 1.82. The Bertz CT molecular complexity index is 350. The highest BCUT2D eigenvalue weighted by molar-refractivity contribution is 7.99. The third kappa shape index (κ3) is 3.22. The van der Waals surface area contributed by atoms with Crippen LogP contribution in [-0.2, 0) is 0 Å². The van der Waals surface area contributed by atoms with E-state index < -0.39 is 0 Å². The van der Waals surface area contributed by atoms with Crippen molar-refractivity contribution >= 4 is 11.8 Å². The Morgan fingerprint density at radius 2 is 1.88 bits per heavy atom. The van der Waals surface area contributed by atoms with Crippen molar-refractivity contribution in [3.05, 3.63) is 29.8 Å². The van der Waals surface area contributed by atoms with Crippen LogP contribution in [0, 0.1) is 0 Å². The molecule has 0 bridgehead atoms. The van der Waals surface area contributed by atoms with Gasteiger partial charge in [-0.2, -0.15) is 0 Å². The average molecular weight is 251 g/mol. The number of thioether (sulfide) groups is 1. The summed E-state index contributed by atoms with van der Waals surface area (Å²) in [4.78, 5) is 3.82.